The highest BCUT2D eigenvalue weighted by Gasteiger charge is 2.30. The molecule has 1 saturated heterocycles. The molecular weight excluding hydrogens is 333 g/mol. The Kier molecular flexibility index (Phi) is 3.45. The Morgan fingerprint density at radius 1 is 1.27 bits per heavy atom. The number of piperidine rings is 1. The zero-order valence-corrected chi connectivity index (χ0v) is 15.0. The number of aromatic nitrogens is 4. The average Bonchev–Trinajstić information content (AvgIpc) is 3.23. The third-order valence-electron chi connectivity index (χ3n) is 5.65. The van der Waals surface area contributed by atoms with Gasteiger partial charge in [0.2, 0.25) is 5.95 Å². The van der Waals surface area contributed by atoms with E-state index in [1.165, 1.54) is 17.8 Å². The summed E-state index contributed by atoms with van der Waals surface area (Å²) in [5.74, 6) is 1.71. The van der Waals surface area contributed by atoms with Gasteiger partial charge in [-0.1, -0.05) is 0 Å². The highest BCUT2D eigenvalue weighted by atomic mass is 19.1. The predicted octanol–water partition coefficient (Wildman–Crippen LogP) is 3.54. The Bertz CT molecular complexity index is 970. The molecule has 0 amide bonds. The van der Waals surface area contributed by atoms with Crippen molar-refractivity contribution in [1.82, 2.24) is 19.5 Å². The number of H-pyrrole nitrogens is 1. The van der Waals surface area contributed by atoms with Crippen molar-refractivity contribution in [3.05, 3.63) is 35.7 Å². The smallest absolute Gasteiger partial charge is 0.207 e. The van der Waals surface area contributed by atoms with Crippen LogP contribution in [0.15, 0.2) is 18.5 Å². The summed E-state index contributed by atoms with van der Waals surface area (Å²) in [6.07, 6.45) is 3.86. The van der Waals surface area contributed by atoms with Crippen molar-refractivity contribution in [2.45, 2.75) is 38.6 Å². The van der Waals surface area contributed by atoms with Gasteiger partial charge in [-0.3, -0.25) is 0 Å². The van der Waals surface area contributed by atoms with Crippen molar-refractivity contribution in [3.8, 4) is 5.75 Å². The van der Waals surface area contributed by atoms with Crippen molar-refractivity contribution in [3.63, 3.8) is 0 Å². The summed E-state index contributed by atoms with van der Waals surface area (Å²) in [4.78, 5) is 14.8. The van der Waals surface area contributed by atoms with Crippen molar-refractivity contribution < 1.29 is 9.13 Å². The summed E-state index contributed by atoms with van der Waals surface area (Å²) >= 11 is 0. The molecule has 26 heavy (non-hydrogen) atoms. The topological polar surface area (TPSA) is 59.0 Å². The van der Waals surface area contributed by atoms with E-state index in [9.17, 15) is 4.39 Å². The van der Waals surface area contributed by atoms with Gasteiger partial charge < -0.3 is 19.2 Å². The lowest BCUT2D eigenvalue weighted by Gasteiger charge is -2.34. The molecule has 1 atom stereocenters. The molecule has 2 aliphatic rings. The van der Waals surface area contributed by atoms with Gasteiger partial charge in [0, 0.05) is 36.8 Å². The van der Waals surface area contributed by atoms with Crippen LogP contribution in [0.5, 0.6) is 5.75 Å². The van der Waals surface area contributed by atoms with E-state index in [4.69, 9.17) is 9.72 Å². The summed E-state index contributed by atoms with van der Waals surface area (Å²) in [5.41, 5.74) is 3.93. The van der Waals surface area contributed by atoms with Crippen LogP contribution in [0.3, 0.4) is 0 Å². The third kappa shape index (κ3) is 2.29. The molecule has 2 aliphatic heterocycles. The third-order valence-corrected chi connectivity index (χ3v) is 5.65. The minimum absolute atomic E-state index is 0.180. The standard InChI is InChI=1S/C19H22FN5O/c1-11-9-26-16-8-14(20)7-15-18(16)25(11)19(23-15)24-5-3-13(4-6-24)17-12(2)21-10-22-17/h7-8,10-11,13H,3-6,9H2,1-2H3,(H,21,22)/t11-/m0/s1. The lowest BCUT2D eigenvalue weighted by atomic mass is 9.93. The van der Waals surface area contributed by atoms with Gasteiger partial charge in [0.05, 0.1) is 23.6 Å². The minimum Gasteiger partial charge on any atom is -0.489 e. The van der Waals surface area contributed by atoms with E-state index in [0.717, 1.165) is 43.1 Å². The van der Waals surface area contributed by atoms with E-state index in [1.807, 2.05) is 0 Å². The number of halogens is 1. The molecule has 1 N–H and O–H groups in total. The maximum Gasteiger partial charge on any atom is 0.207 e. The van der Waals surface area contributed by atoms with Gasteiger partial charge >= 0.3 is 0 Å². The number of anilines is 1. The van der Waals surface area contributed by atoms with Crippen LogP contribution >= 0.6 is 0 Å². The van der Waals surface area contributed by atoms with E-state index in [1.54, 1.807) is 6.33 Å². The Morgan fingerprint density at radius 2 is 2.08 bits per heavy atom. The number of aromatic amines is 1. The number of benzene rings is 1. The van der Waals surface area contributed by atoms with Gasteiger partial charge in [-0.05, 0) is 26.7 Å². The summed E-state index contributed by atoms with van der Waals surface area (Å²) in [5, 5.41) is 0. The van der Waals surface area contributed by atoms with E-state index in [2.05, 4.69) is 33.3 Å². The van der Waals surface area contributed by atoms with Crippen LogP contribution < -0.4 is 9.64 Å². The maximum atomic E-state index is 13.9. The van der Waals surface area contributed by atoms with Gasteiger partial charge in [-0.2, -0.15) is 0 Å². The number of imidazole rings is 2. The molecular formula is C19H22FN5O. The van der Waals surface area contributed by atoms with Crippen molar-refractivity contribution >= 4 is 17.0 Å². The number of nitrogens with one attached hydrogen (secondary N) is 1. The lowest BCUT2D eigenvalue weighted by molar-refractivity contribution is 0.247. The Morgan fingerprint density at radius 3 is 2.81 bits per heavy atom. The summed E-state index contributed by atoms with van der Waals surface area (Å²) in [6, 6.07) is 3.14. The number of rotatable bonds is 2. The highest BCUT2D eigenvalue weighted by Crippen LogP contribution is 2.39. The largest absolute Gasteiger partial charge is 0.489 e. The number of hydrogen-bond donors (Lipinski definition) is 1. The van der Waals surface area contributed by atoms with Crippen molar-refractivity contribution in [2.75, 3.05) is 24.6 Å². The fourth-order valence-electron chi connectivity index (χ4n) is 4.32. The fraction of sp³-hybridized carbons (Fsp3) is 0.474. The molecule has 0 bridgehead atoms. The van der Waals surface area contributed by atoms with Crippen LogP contribution in [0.25, 0.3) is 11.0 Å². The normalized spacial score (nSPS) is 20.6. The van der Waals surface area contributed by atoms with Crippen LogP contribution in [0.2, 0.25) is 0 Å². The highest BCUT2D eigenvalue weighted by molar-refractivity contribution is 5.86. The first-order valence-corrected chi connectivity index (χ1v) is 9.21. The molecule has 5 rings (SSSR count). The molecule has 0 aliphatic carbocycles. The molecule has 2 aromatic heterocycles. The van der Waals surface area contributed by atoms with Crippen LogP contribution in [0, 0.1) is 12.7 Å². The number of ether oxygens (including phenoxy) is 1. The number of nitrogens with zero attached hydrogens (tertiary/aromatic N) is 4. The second-order valence-electron chi connectivity index (χ2n) is 7.39. The van der Waals surface area contributed by atoms with Gasteiger partial charge in [0.1, 0.15) is 23.7 Å². The maximum absolute atomic E-state index is 13.9. The van der Waals surface area contributed by atoms with Crippen molar-refractivity contribution in [1.29, 1.82) is 0 Å². The zero-order valence-electron chi connectivity index (χ0n) is 15.0. The van der Waals surface area contributed by atoms with Crippen LogP contribution in [-0.4, -0.2) is 39.2 Å². The molecule has 0 radical (unpaired) electrons. The zero-order chi connectivity index (χ0) is 17.8. The summed E-state index contributed by atoms with van der Waals surface area (Å²) < 4.78 is 21.8. The van der Waals surface area contributed by atoms with Crippen LogP contribution in [-0.2, 0) is 0 Å². The first-order chi connectivity index (χ1) is 12.6. The Balaban J connectivity index is 1.48. The lowest BCUT2D eigenvalue weighted by Crippen LogP contribution is -2.36. The first-order valence-electron chi connectivity index (χ1n) is 9.21. The summed E-state index contributed by atoms with van der Waals surface area (Å²) in [6.45, 7) is 6.59. The number of hydrogen-bond acceptors (Lipinski definition) is 4. The average molecular weight is 355 g/mol. The molecule has 3 aromatic rings. The molecule has 0 spiro atoms. The monoisotopic (exact) mass is 355 g/mol. The van der Waals surface area contributed by atoms with Crippen LogP contribution in [0.1, 0.15) is 43.1 Å². The SMILES string of the molecule is Cc1[nH]cnc1C1CCN(c2nc3cc(F)cc4c3n2[C@@H](C)CO4)CC1. The molecule has 7 heteroatoms. The van der Waals surface area contributed by atoms with Gasteiger partial charge in [-0.15, -0.1) is 0 Å². The Labute approximate surface area is 151 Å². The van der Waals surface area contributed by atoms with Crippen molar-refractivity contribution in [2.24, 2.45) is 0 Å². The van der Waals surface area contributed by atoms with E-state index < -0.39 is 0 Å². The fourth-order valence-corrected chi connectivity index (χ4v) is 4.32. The second-order valence-corrected chi connectivity index (χ2v) is 7.39. The van der Waals surface area contributed by atoms with Gasteiger partial charge in [-0.25, -0.2) is 14.4 Å². The molecule has 0 unspecified atom stereocenters. The molecule has 1 fully saturated rings. The molecule has 0 saturated carbocycles. The second kappa shape index (κ2) is 5.72. The van der Waals surface area contributed by atoms with Crippen LogP contribution in [0.4, 0.5) is 10.3 Å². The minimum atomic E-state index is -0.300. The van der Waals surface area contributed by atoms with Gasteiger partial charge in [0.15, 0.2) is 0 Å². The van der Waals surface area contributed by atoms with Gasteiger partial charge in [0.25, 0.3) is 0 Å². The molecule has 4 heterocycles. The van der Waals surface area contributed by atoms with E-state index in [0.29, 0.717) is 23.8 Å². The first kappa shape index (κ1) is 15.7. The number of aryl methyl sites for hydroxylation is 1. The molecule has 6 nitrogen and oxygen atoms in total. The summed E-state index contributed by atoms with van der Waals surface area (Å²) in [7, 11) is 0. The molecule has 1 aromatic carbocycles. The van der Waals surface area contributed by atoms with E-state index in [-0.39, 0.29) is 11.9 Å². The predicted molar refractivity (Wildman–Crippen MR) is 97.4 cm³/mol. The Hall–Kier alpha value is -2.57. The van der Waals surface area contributed by atoms with E-state index >= 15 is 0 Å². The molecule has 136 valence electrons. The quantitative estimate of drug-likeness (QED) is 0.764.